The lowest BCUT2D eigenvalue weighted by molar-refractivity contribution is -0.0376. The third-order valence-electron chi connectivity index (χ3n) is 3.25. The number of hydrogen-bond acceptors (Lipinski definition) is 2. The van der Waals surface area contributed by atoms with Crippen molar-refractivity contribution in [3.8, 4) is 0 Å². The number of ether oxygens (including phenoxy) is 2. The van der Waals surface area contributed by atoms with Gasteiger partial charge in [-0.25, -0.2) is 0 Å². The summed E-state index contributed by atoms with van der Waals surface area (Å²) in [5.41, 5.74) is 0. The minimum atomic E-state index is 0.318. The second kappa shape index (κ2) is 3.97. The van der Waals surface area contributed by atoms with Crippen LogP contribution in [0, 0.1) is 5.92 Å². The first-order chi connectivity index (χ1) is 6.25. The molecule has 0 radical (unpaired) electrons. The fourth-order valence-corrected chi connectivity index (χ4v) is 2.08. The molecule has 1 aliphatic heterocycles. The summed E-state index contributed by atoms with van der Waals surface area (Å²) in [6.07, 6.45) is 6.40. The normalized spacial score (nSPS) is 41.5. The first kappa shape index (κ1) is 9.47. The van der Waals surface area contributed by atoms with Gasteiger partial charge in [0.2, 0.25) is 0 Å². The van der Waals surface area contributed by atoms with Gasteiger partial charge in [0.15, 0.2) is 0 Å². The van der Waals surface area contributed by atoms with Crippen molar-refractivity contribution in [2.45, 2.75) is 57.8 Å². The molecular formula is C11H20O2. The number of hydrogen-bond donors (Lipinski definition) is 0. The van der Waals surface area contributed by atoms with E-state index in [1.54, 1.807) is 0 Å². The summed E-state index contributed by atoms with van der Waals surface area (Å²) < 4.78 is 11.1. The fourth-order valence-electron chi connectivity index (χ4n) is 2.08. The SMILES string of the molecule is CC1CCC(OC(C)C2CO2)CC1. The first-order valence-corrected chi connectivity index (χ1v) is 5.53. The van der Waals surface area contributed by atoms with Gasteiger partial charge < -0.3 is 9.47 Å². The van der Waals surface area contributed by atoms with E-state index in [2.05, 4.69) is 13.8 Å². The third kappa shape index (κ3) is 2.68. The molecule has 0 aromatic carbocycles. The Morgan fingerprint density at radius 2 is 1.85 bits per heavy atom. The molecule has 0 spiro atoms. The van der Waals surface area contributed by atoms with Gasteiger partial charge in [0.1, 0.15) is 6.10 Å². The molecule has 0 aromatic rings. The van der Waals surface area contributed by atoms with Crippen molar-refractivity contribution in [1.82, 2.24) is 0 Å². The van der Waals surface area contributed by atoms with Crippen molar-refractivity contribution in [2.75, 3.05) is 6.61 Å². The van der Waals surface area contributed by atoms with Crippen molar-refractivity contribution in [3.05, 3.63) is 0 Å². The number of rotatable bonds is 3. The summed E-state index contributed by atoms with van der Waals surface area (Å²) in [5.74, 6) is 0.910. The van der Waals surface area contributed by atoms with Crippen LogP contribution in [0.3, 0.4) is 0 Å². The van der Waals surface area contributed by atoms with Crippen molar-refractivity contribution in [3.63, 3.8) is 0 Å². The topological polar surface area (TPSA) is 21.8 Å². The highest BCUT2D eigenvalue weighted by Crippen LogP contribution is 2.28. The lowest BCUT2D eigenvalue weighted by atomic mass is 9.89. The quantitative estimate of drug-likeness (QED) is 0.628. The maximum atomic E-state index is 5.94. The van der Waals surface area contributed by atoms with Crippen molar-refractivity contribution in [2.24, 2.45) is 5.92 Å². The van der Waals surface area contributed by atoms with E-state index in [0.29, 0.717) is 18.3 Å². The van der Waals surface area contributed by atoms with Gasteiger partial charge in [0.05, 0.1) is 18.8 Å². The summed E-state index contributed by atoms with van der Waals surface area (Å²) in [4.78, 5) is 0. The van der Waals surface area contributed by atoms with E-state index in [1.807, 2.05) is 0 Å². The average Bonchev–Trinajstić information content (AvgIpc) is 2.91. The Morgan fingerprint density at radius 1 is 1.23 bits per heavy atom. The van der Waals surface area contributed by atoms with Crippen LogP contribution in [0.25, 0.3) is 0 Å². The molecule has 1 saturated heterocycles. The van der Waals surface area contributed by atoms with Crippen LogP contribution in [0.15, 0.2) is 0 Å². The van der Waals surface area contributed by atoms with Gasteiger partial charge in [-0.2, -0.15) is 0 Å². The number of epoxide rings is 1. The van der Waals surface area contributed by atoms with E-state index in [0.717, 1.165) is 12.5 Å². The van der Waals surface area contributed by atoms with Gasteiger partial charge in [-0.3, -0.25) is 0 Å². The second-order valence-electron chi connectivity index (χ2n) is 4.59. The second-order valence-corrected chi connectivity index (χ2v) is 4.59. The summed E-state index contributed by atoms with van der Waals surface area (Å²) in [6.45, 7) is 5.38. The molecule has 1 saturated carbocycles. The molecule has 2 unspecified atom stereocenters. The zero-order valence-electron chi connectivity index (χ0n) is 8.66. The third-order valence-corrected chi connectivity index (χ3v) is 3.25. The smallest absolute Gasteiger partial charge is 0.107 e. The molecule has 0 bridgehead atoms. The summed E-state index contributed by atoms with van der Waals surface area (Å²) in [7, 11) is 0. The van der Waals surface area contributed by atoms with Crippen LogP contribution < -0.4 is 0 Å². The molecule has 2 rings (SSSR count). The maximum absolute atomic E-state index is 5.94. The molecule has 2 nitrogen and oxygen atoms in total. The van der Waals surface area contributed by atoms with Crippen molar-refractivity contribution in [1.29, 1.82) is 0 Å². The van der Waals surface area contributed by atoms with Crippen molar-refractivity contribution >= 4 is 0 Å². The van der Waals surface area contributed by atoms with Crippen LogP contribution in [0.4, 0.5) is 0 Å². The summed E-state index contributed by atoms with van der Waals surface area (Å²) >= 11 is 0. The minimum absolute atomic E-state index is 0.318. The van der Waals surface area contributed by atoms with Gasteiger partial charge in [-0.1, -0.05) is 6.92 Å². The van der Waals surface area contributed by atoms with Crippen LogP contribution in [0.2, 0.25) is 0 Å². The predicted octanol–water partition coefficient (Wildman–Crippen LogP) is 2.37. The fraction of sp³-hybridized carbons (Fsp3) is 1.00. The molecule has 0 amide bonds. The maximum Gasteiger partial charge on any atom is 0.107 e. The highest BCUT2D eigenvalue weighted by molar-refractivity contribution is 4.79. The zero-order chi connectivity index (χ0) is 9.26. The Morgan fingerprint density at radius 3 is 2.38 bits per heavy atom. The first-order valence-electron chi connectivity index (χ1n) is 5.53. The molecule has 13 heavy (non-hydrogen) atoms. The predicted molar refractivity (Wildman–Crippen MR) is 51.7 cm³/mol. The lowest BCUT2D eigenvalue weighted by Crippen LogP contribution is -2.27. The Kier molecular flexibility index (Phi) is 2.89. The molecule has 2 heteroatoms. The van der Waals surface area contributed by atoms with E-state index in [-0.39, 0.29) is 0 Å². The average molecular weight is 184 g/mol. The lowest BCUT2D eigenvalue weighted by Gasteiger charge is -2.28. The van der Waals surface area contributed by atoms with Gasteiger partial charge in [0, 0.05) is 0 Å². The molecule has 76 valence electrons. The van der Waals surface area contributed by atoms with Crippen LogP contribution in [0.1, 0.15) is 39.5 Å². The molecule has 2 fully saturated rings. The highest BCUT2D eigenvalue weighted by Gasteiger charge is 2.32. The van der Waals surface area contributed by atoms with Crippen LogP contribution in [0.5, 0.6) is 0 Å². The summed E-state index contributed by atoms with van der Waals surface area (Å²) in [6, 6.07) is 0. The summed E-state index contributed by atoms with van der Waals surface area (Å²) in [5, 5.41) is 0. The van der Waals surface area contributed by atoms with E-state index in [9.17, 15) is 0 Å². The van der Waals surface area contributed by atoms with Crippen LogP contribution in [-0.4, -0.2) is 24.9 Å². The van der Waals surface area contributed by atoms with E-state index in [1.165, 1.54) is 25.7 Å². The Labute approximate surface area is 80.6 Å². The van der Waals surface area contributed by atoms with Crippen LogP contribution in [-0.2, 0) is 9.47 Å². The zero-order valence-corrected chi connectivity index (χ0v) is 8.66. The van der Waals surface area contributed by atoms with Crippen molar-refractivity contribution < 1.29 is 9.47 Å². The minimum Gasteiger partial charge on any atom is -0.372 e. The molecule has 1 heterocycles. The molecule has 2 atom stereocenters. The van der Waals surface area contributed by atoms with Gasteiger partial charge in [0.25, 0.3) is 0 Å². The standard InChI is InChI=1S/C11H20O2/c1-8-3-5-10(6-4-8)13-9(2)11-7-12-11/h8-11H,3-7H2,1-2H3. The van der Waals surface area contributed by atoms with Gasteiger partial charge in [-0.05, 0) is 38.5 Å². The molecule has 2 aliphatic rings. The highest BCUT2D eigenvalue weighted by atomic mass is 16.6. The van der Waals surface area contributed by atoms with Gasteiger partial charge in [-0.15, -0.1) is 0 Å². The Bertz CT molecular complexity index is 157. The molecule has 0 aromatic heterocycles. The largest absolute Gasteiger partial charge is 0.372 e. The monoisotopic (exact) mass is 184 g/mol. The van der Waals surface area contributed by atoms with Gasteiger partial charge >= 0.3 is 0 Å². The van der Waals surface area contributed by atoms with E-state index < -0.39 is 0 Å². The van der Waals surface area contributed by atoms with E-state index in [4.69, 9.17) is 9.47 Å². The Balaban J connectivity index is 1.69. The molecule has 0 N–H and O–H groups in total. The molecular weight excluding hydrogens is 164 g/mol. The Hall–Kier alpha value is -0.0800. The van der Waals surface area contributed by atoms with E-state index >= 15 is 0 Å². The van der Waals surface area contributed by atoms with Crippen LogP contribution >= 0.6 is 0 Å². The molecule has 1 aliphatic carbocycles.